The molecule has 1 amide bonds. The van der Waals surface area contributed by atoms with Gasteiger partial charge in [0, 0.05) is 18.9 Å². The molecular weight excluding hydrogens is 415 g/mol. The predicted octanol–water partition coefficient (Wildman–Crippen LogP) is 1.77. The highest BCUT2D eigenvalue weighted by Crippen LogP contribution is 2.34. The number of fused-ring (bicyclic) bond motifs is 1. The highest BCUT2D eigenvalue weighted by atomic mass is 32.2. The van der Waals surface area contributed by atoms with Gasteiger partial charge in [0.1, 0.15) is 16.8 Å². The molecule has 2 aromatic rings. The normalized spacial score (nSPS) is 20.7. The minimum atomic E-state index is -4.09. The number of ether oxygens (including phenoxy) is 1. The Morgan fingerprint density at radius 2 is 2.10 bits per heavy atom. The molecule has 1 aromatic carbocycles. The Morgan fingerprint density at radius 3 is 2.72 bits per heavy atom. The van der Waals surface area contributed by atoms with E-state index in [2.05, 4.69) is 10.0 Å². The summed E-state index contributed by atoms with van der Waals surface area (Å²) in [6.45, 7) is 0.992. The van der Waals surface area contributed by atoms with E-state index in [-0.39, 0.29) is 22.0 Å². The maximum absolute atomic E-state index is 13.5. The van der Waals surface area contributed by atoms with E-state index in [1.165, 1.54) is 18.5 Å². The lowest BCUT2D eigenvalue weighted by molar-refractivity contribution is 0.0999. The summed E-state index contributed by atoms with van der Waals surface area (Å²) >= 11 is 0. The number of sulfonamides is 1. The van der Waals surface area contributed by atoms with Crippen molar-refractivity contribution in [1.82, 2.24) is 9.29 Å². The van der Waals surface area contributed by atoms with Gasteiger partial charge in [-0.3, -0.25) is 4.79 Å². The van der Waals surface area contributed by atoms with Crippen LogP contribution in [0.3, 0.4) is 0 Å². The SMILES string of the molecule is C[C@@H]1Oc2c(cn(C)c2C(=O)Nc2ccc(F)c(C(F)F)c2)S(=O)(=O)N[C@@H]1CO. The second kappa shape index (κ2) is 7.69. The zero-order valence-corrected chi connectivity index (χ0v) is 16.1. The van der Waals surface area contributed by atoms with Crippen LogP contribution >= 0.6 is 0 Å². The third-order valence-corrected chi connectivity index (χ3v) is 5.95. The van der Waals surface area contributed by atoms with E-state index in [1.54, 1.807) is 0 Å². The largest absolute Gasteiger partial charge is 0.485 e. The number of alkyl halides is 2. The van der Waals surface area contributed by atoms with Crippen molar-refractivity contribution in [3.63, 3.8) is 0 Å². The van der Waals surface area contributed by atoms with E-state index in [1.807, 2.05) is 0 Å². The molecule has 2 heterocycles. The summed E-state index contributed by atoms with van der Waals surface area (Å²) in [5.41, 5.74) is -1.16. The van der Waals surface area contributed by atoms with Gasteiger partial charge in [-0.15, -0.1) is 0 Å². The van der Waals surface area contributed by atoms with Crippen molar-refractivity contribution in [2.24, 2.45) is 7.05 Å². The van der Waals surface area contributed by atoms with Crippen LogP contribution in [-0.4, -0.2) is 42.8 Å². The van der Waals surface area contributed by atoms with Crippen molar-refractivity contribution >= 4 is 21.6 Å². The smallest absolute Gasteiger partial charge is 0.276 e. The van der Waals surface area contributed by atoms with Gasteiger partial charge in [0.25, 0.3) is 12.3 Å². The monoisotopic (exact) mass is 433 g/mol. The number of nitrogens with zero attached hydrogens (tertiary/aromatic N) is 1. The number of benzene rings is 1. The van der Waals surface area contributed by atoms with Gasteiger partial charge in [0.05, 0.1) is 18.2 Å². The summed E-state index contributed by atoms with van der Waals surface area (Å²) in [5.74, 6) is -2.20. The van der Waals surface area contributed by atoms with Crippen LogP contribution in [-0.2, 0) is 17.1 Å². The standard InChI is InChI=1S/C17H18F3N3O5S/c1-8-12(7-24)22-29(26,27)13-6-23(2)14(15(13)28-8)17(25)21-9-3-4-11(18)10(5-9)16(19)20/h3-6,8,12,16,22,24H,7H2,1-2H3,(H,21,25)/t8-,12+/m0/s1. The first kappa shape index (κ1) is 21.1. The van der Waals surface area contributed by atoms with Crippen LogP contribution in [0.5, 0.6) is 5.75 Å². The molecule has 0 saturated heterocycles. The van der Waals surface area contributed by atoms with Crippen LogP contribution in [0.15, 0.2) is 29.3 Å². The van der Waals surface area contributed by atoms with Gasteiger partial charge in [-0.05, 0) is 25.1 Å². The maximum Gasteiger partial charge on any atom is 0.276 e. The number of carbonyl (C=O) groups is 1. The molecule has 1 aromatic heterocycles. The highest BCUT2D eigenvalue weighted by Gasteiger charge is 2.37. The lowest BCUT2D eigenvalue weighted by Crippen LogP contribution is -2.44. The predicted molar refractivity (Wildman–Crippen MR) is 96.0 cm³/mol. The number of halogens is 3. The van der Waals surface area contributed by atoms with E-state index >= 15 is 0 Å². The first-order chi connectivity index (χ1) is 13.5. The summed E-state index contributed by atoms with van der Waals surface area (Å²) in [6, 6.07) is 1.76. The molecule has 0 radical (unpaired) electrons. The van der Waals surface area contributed by atoms with Crippen molar-refractivity contribution < 1.29 is 36.2 Å². The zero-order chi connectivity index (χ0) is 21.5. The van der Waals surface area contributed by atoms with Gasteiger partial charge < -0.3 is 19.7 Å². The number of hydrogen-bond donors (Lipinski definition) is 3. The third kappa shape index (κ3) is 3.95. The van der Waals surface area contributed by atoms with Crippen LogP contribution in [0.1, 0.15) is 29.4 Å². The number of aryl methyl sites for hydroxylation is 1. The lowest BCUT2D eigenvalue weighted by atomic mass is 10.2. The number of aliphatic hydroxyl groups is 1. The van der Waals surface area contributed by atoms with Crippen LogP contribution < -0.4 is 14.8 Å². The van der Waals surface area contributed by atoms with Crippen LogP contribution in [0.25, 0.3) is 0 Å². The number of aromatic nitrogens is 1. The molecule has 12 heteroatoms. The summed E-state index contributed by atoms with van der Waals surface area (Å²) < 4.78 is 73.4. The van der Waals surface area contributed by atoms with E-state index in [4.69, 9.17) is 4.74 Å². The Kier molecular flexibility index (Phi) is 5.61. The molecule has 0 unspecified atom stereocenters. The fraction of sp³-hybridized carbons (Fsp3) is 0.353. The number of aliphatic hydroxyl groups excluding tert-OH is 1. The Morgan fingerprint density at radius 1 is 1.41 bits per heavy atom. The molecule has 3 N–H and O–H groups in total. The van der Waals surface area contributed by atoms with Crippen LogP contribution in [0.4, 0.5) is 18.9 Å². The molecule has 3 rings (SSSR count). The van der Waals surface area contributed by atoms with Crippen LogP contribution in [0, 0.1) is 5.82 Å². The second-order valence-electron chi connectivity index (χ2n) is 6.51. The number of anilines is 1. The number of rotatable bonds is 4. The fourth-order valence-electron chi connectivity index (χ4n) is 2.94. The molecule has 1 aliphatic heterocycles. The van der Waals surface area contributed by atoms with E-state index in [0.29, 0.717) is 0 Å². The summed E-state index contributed by atoms with van der Waals surface area (Å²) in [5, 5.41) is 11.7. The number of carbonyl (C=O) groups excluding carboxylic acids is 1. The topological polar surface area (TPSA) is 110 Å². The Hall–Kier alpha value is -2.57. The molecule has 8 nitrogen and oxygen atoms in total. The highest BCUT2D eigenvalue weighted by molar-refractivity contribution is 7.89. The maximum atomic E-state index is 13.5. The van der Waals surface area contributed by atoms with Crippen LogP contribution in [0.2, 0.25) is 0 Å². The molecule has 29 heavy (non-hydrogen) atoms. The minimum Gasteiger partial charge on any atom is -0.485 e. The van der Waals surface area contributed by atoms with Crippen molar-refractivity contribution in [2.45, 2.75) is 30.4 Å². The average molecular weight is 433 g/mol. The zero-order valence-electron chi connectivity index (χ0n) is 15.3. The van der Waals surface area contributed by atoms with Gasteiger partial charge in [-0.25, -0.2) is 26.3 Å². The molecule has 0 fully saturated rings. The summed E-state index contributed by atoms with van der Waals surface area (Å²) in [6.07, 6.45) is -2.72. The Balaban J connectivity index is 2.00. The first-order valence-electron chi connectivity index (χ1n) is 8.43. The molecule has 0 bridgehead atoms. The van der Waals surface area contributed by atoms with Gasteiger partial charge in [0.2, 0.25) is 10.0 Å². The van der Waals surface area contributed by atoms with Gasteiger partial charge >= 0.3 is 0 Å². The quantitative estimate of drug-likeness (QED) is 0.681. The molecule has 1 aliphatic rings. The average Bonchev–Trinajstić information content (AvgIpc) is 2.93. The second-order valence-corrected chi connectivity index (χ2v) is 8.19. The Labute approximate surface area is 164 Å². The van der Waals surface area contributed by atoms with Gasteiger partial charge in [-0.1, -0.05) is 0 Å². The number of nitrogens with one attached hydrogen (secondary N) is 2. The molecule has 158 valence electrons. The van der Waals surface area contributed by atoms with E-state index in [0.717, 1.165) is 24.4 Å². The number of amides is 1. The molecule has 0 spiro atoms. The lowest BCUT2D eigenvalue weighted by Gasteiger charge is -2.20. The molecular formula is C17H18F3N3O5S. The third-order valence-electron chi connectivity index (χ3n) is 4.47. The van der Waals surface area contributed by atoms with E-state index < -0.39 is 52.5 Å². The van der Waals surface area contributed by atoms with Crippen molar-refractivity contribution in [1.29, 1.82) is 0 Å². The van der Waals surface area contributed by atoms with Gasteiger partial charge in [-0.2, -0.15) is 0 Å². The Bertz CT molecular complexity index is 1050. The fourth-order valence-corrected chi connectivity index (χ4v) is 4.41. The molecule has 0 saturated carbocycles. The molecule has 2 atom stereocenters. The van der Waals surface area contributed by atoms with E-state index in [9.17, 15) is 31.5 Å². The first-order valence-corrected chi connectivity index (χ1v) is 9.91. The summed E-state index contributed by atoms with van der Waals surface area (Å²) in [7, 11) is -2.68. The summed E-state index contributed by atoms with van der Waals surface area (Å²) in [4.78, 5) is 12.5. The number of hydrogen-bond acceptors (Lipinski definition) is 5. The van der Waals surface area contributed by atoms with Crippen molar-refractivity contribution in [3.05, 3.63) is 41.5 Å². The van der Waals surface area contributed by atoms with Crippen molar-refractivity contribution in [3.8, 4) is 5.75 Å². The molecule has 0 aliphatic carbocycles. The van der Waals surface area contributed by atoms with Gasteiger partial charge in [0.15, 0.2) is 11.4 Å². The van der Waals surface area contributed by atoms with Crippen molar-refractivity contribution in [2.75, 3.05) is 11.9 Å². The minimum absolute atomic E-state index is 0.0995.